The lowest BCUT2D eigenvalue weighted by molar-refractivity contribution is -0.161. The van der Waals surface area contributed by atoms with Crippen molar-refractivity contribution in [3.63, 3.8) is 0 Å². The first-order valence-corrected chi connectivity index (χ1v) is 21.2. The predicted molar refractivity (Wildman–Crippen MR) is 208 cm³/mol. The summed E-state index contributed by atoms with van der Waals surface area (Å²) in [5, 5.41) is 10.1. The Balaban J connectivity index is 4.06. The Bertz CT molecular complexity index is 1030. The van der Waals surface area contributed by atoms with Crippen LogP contribution >= 0.6 is 7.82 Å². The van der Waals surface area contributed by atoms with Crippen LogP contribution in [0.4, 0.5) is 0 Å². The largest absolute Gasteiger partial charge is 0.469 e. The molecule has 0 aliphatic rings. The van der Waals surface area contributed by atoms with E-state index in [4.69, 9.17) is 19.3 Å². The number of aliphatic hydroxyl groups excluding tert-OH is 1. The summed E-state index contributed by atoms with van der Waals surface area (Å²) in [5.74, 6) is -0.975. The first-order chi connectivity index (χ1) is 24.7. The maximum atomic E-state index is 12.4. The molecule has 9 nitrogen and oxygen atoms in total. The number of unbranched alkanes of at least 4 members (excludes halogenated alkanes) is 14. The monoisotopic (exact) mass is 738 g/mol. The van der Waals surface area contributed by atoms with Gasteiger partial charge in [0.15, 0.2) is 6.10 Å². The molecule has 0 spiro atoms. The molecule has 0 aromatic rings. The average molecular weight is 739 g/mol. The summed E-state index contributed by atoms with van der Waals surface area (Å²) in [6.07, 6.45) is 41.0. The number of carbonyl (C=O) groups is 2. The van der Waals surface area contributed by atoms with Crippen LogP contribution in [0.25, 0.3) is 0 Å². The van der Waals surface area contributed by atoms with Gasteiger partial charge < -0.3 is 24.4 Å². The van der Waals surface area contributed by atoms with Gasteiger partial charge in [-0.2, -0.15) is 0 Å². The number of carbonyl (C=O) groups excluding carboxylic acids is 2. The molecule has 0 bridgehead atoms. The summed E-state index contributed by atoms with van der Waals surface area (Å²) in [5.41, 5.74) is 0. The van der Waals surface area contributed by atoms with Gasteiger partial charge >= 0.3 is 19.8 Å². The van der Waals surface area contributed by atoms with Crippen molar-refractivity contribution in [2.24, 2.45) is 0 Å². The van der Waals surface area contributed by atoms with Gasteiger partial charge in [0, 0.05) is 12.8 Å². The summed E-state index contributed by atoms with van der Waals surface area (Å²) in [6, 6.07) is 0. The molecule has 0 aliphatic carbocycles. The van der Waals surface area contributed by atoms with Gasteiger partial charge in [-0.3, -0.25) is 14.1 Å². The smallest absolute Gasteiger partial charge is 0.462 e. The normalized spacial score (nSPS) is 13.7. The number of hydrogen-bond acceptors (Lipinski definition) is 7. The fourth-order valence-electron chi connectivity index (χ4n) is 5.17. The van der Waals surface area contributed by atoms with Crippen LogP contribution in [0.2, 0.25) is 0 Å². The highest BCUT2D eigenvalue weighted by Crippen LogP contribution is 2.36. The van der Waals surface area contributed by atoms with Gasteiger partial charge in [-0.25, -0.2) is 4.57 Å². The highest BCUT2D eigenvalue weighted by Gasteiger charge is 2.22. The number of aliphatic hydroxyl groups is 1. The van der Waals surface area contributed by atoms with Crippen LogP contribution in [0.1, 0.15) is 162 Å². The zero-order valence-corrected chi connectivity index (χ0v) is 32.7. The van der Waals surface area contributed by atoms with Crippen molar-refractivity contribution in [1.29, 1.82) is 0 Å². The summed E-state index contributed by atoms with van der Waals surface area (Å²) < 4.78 is 26.3. The lowest BCUT2D eigenvalue weighted by Gasteiger charge is -2.18. The molecular weight excluding hydrogens is 667 g/mol. The summed E-state index contributed by atoms with van der Waals surface area (Å²) in [6.45, 7) is 3.43. The van der Waals surface area contributed by atoms with E-state index < -0.39 is 38.6 Å². The number of hydrogen-bond donors (Lipinski definition) is 3. The molecule has 0 fully saturated rings. The van der Waals surface area contributed by atoms with Crippen LogP contribution in [-0.4, -0.2) is 52.3 Å². The third-order valence-electron chi connectivity index (χ3n) is 8.12. The van der Waals surface area contributed by atoms with Gasteiger partial charge in [0.25, 0.3) is 0 Å². The van der Waals surface area contributed by atoms with Crippen molar-refractivity contribution in [3.05, 3.63) is 60.8 Å². The van der Waals surface area contributed by atoms with Gasteiger partial charge in [0.1, 0.15) is 6.61 Å². The van der Waals surface area contributed by atoms with E-state index in [0.717, 1.165) is 70.6 Å². The minimum atomic E-state index is -4.78. The molecule has 0 aliphatic heterocycles. The number of ether oxygens (including phenoxy) is 2. The highest BCUT2D eigenvalue weighted by atomic mass is 31.2. The molecule has 51 heavy (non-hydrogen) atoms. The van der Waals surface area contributed by atoms with E-state index in [1.807, 2.05) is 18.2 Å². The molecule has 0 amide bonds. The van der Waals surface area contributed by atoms with Gasteiger partial charge in [-0.1, -0.05) is 145 Å². The van der Waals surface area contributed by atoms with Crippen molar-refractivity contribution in [1.82, 2.24) is 0 Å². The number of phosphoric ester groups is 1. The van der Waals surface area contributed by atoms with Crippen LogP contribution in [0.3, 0.4) is 0 Å². The highest BCUT2D eigenvalue weighted by molar-refractivity contribution is 7.46. The topological polar surface area (TPSA) is 140 Å². The van der Waals surface area contributed by atoms with E-state index in [2.05, 4.69) is 54.8 Å². The fourth-order valence-corrected chi connectivity index (χ4v) is 5.53. The fraction of sp³-hybridized carbons (Fsp3) is 0.707. The third kappa shape index (κ3) is 38.8. The summed E-state index contributed by atoms with van der Waals surface area (Å²) in [4.78, 5) is 42.8. The molecule has 0 saturated heterocycles. The molecule has 1 unspecified atom stereocenters. The Labute approximate surface area is 309 Å². The zero-order valence-electron chi connectivity index (χ0n) is 31.8. The maximum absolute atomic E-state index is 12.4. The van der Waals surface area contributed by atoms with Crippen molar-refractivity contribution in [3.8, 4) is 0 Å². The molecule has 0 aromatic carbocycles. The molecule has 294 valence electrons. The van der Waals surface area contributed by atoms with E-state index in [0.29, 0.717) is 19.3 Å². The molecular formula is C41H71O9P. The van der Waals surface area contributed by atoms with Crippen LogP contribution in [0.5, 0.6) is 0 Å². The second-order valence-electron chi connectivity index (χ2n) is 13.1. The molecule has 10 heteroatoms. The number of esters is 2. The molecule has 0 radical (unpaired) electrons. The van der Waals surface area contributed by atoms with Crippen molar-refractivity contribution < 1.29 is 43.0 Å². The Morgan fingerprint density at radius 3 is 1.80 bits per heavy atom. The minimum absolute atomic E-state index is 0.180. The average Bonchev–Trinajstić information content (AvgIpc) is 3.09. The molecule has 0 aromatic heterocycles. The first kappa shape index (κ1) is 48.7. The minimum Gasteiger partial charge on any atom is -0.462 e. The van der Waals surface area contributed by atoms with Gasteiger partial charge in [-0.05, 0) is 64.2 Å². The second kappa shape index (κ2) is 36.1. The number of phosphoric acid groups is 1. The Hall–Kier alpha value is -2.29. The summed E-state index contributed by atoms with van der Waals surface area (Å²) >= 11 is 0. The molecule has 0 heterocycles. The molecule has 2 atom stereocenters. The Kier molecular flexibility index (Phi) is 34.5. The predicted octanol–water partition coefficient (Wildman–Crippen LogP) is 10.7. The molecule has 0 rings (SSSR count). The van der Waals surface area contributed by atoms with Crippen LogP contribution < -0.4 is 0 Å². The zero-order chi connectivity index (χ0) is 37.7. The Morgan fingerprint density at radius 2 is 1.18 bits per heavy atom. The van der Waals surface area contributed by atoms with Crippen LogP contribution in [0, 0.1) is 0 Å². The van der Waals surface area contributed by atoms with E-state index in [9.17, 15) is 19.3 Å². The van der Waals surface area contributed by atoms with E-state index in [1.54, 1.807) is 6.08 Å². The SMILES string of the molecule is CC/C=C/C/C=C/C=C/C(O)CCCCCCCC(=O)OC[C@H](COP(=O)(O)O)OC(=O)CCCCCCCCC/C=C\C/C=C\CCCCC. The van der Waals surface area contributed by atoms with E-state index >= 15 is 0 Å². The standard InChI is InChI=1S/C41H71O9P/c1-3-5-7-9-11-12-13-14-15-16-17-18-19-20-22-26-31-35-41(44)50-39(37-49-51(45,46)47)36-48-40(43)34-30-27-23-25-29-33-38(42)32-28-24-21-10-8-6-4-2/h6,8,11-12,14-15,21,24,28,32,38-39,42H,3-5,7,9-10,13,16-20,22-23,25-27,29-31,33-37H2,1-2H3,(H2,45,46,47)/b8-6+,12-11-,15-14-,24-21+,32-28+/t38?,39-/m1/s1. The van der Waals surface area contributed by atoms with E-state index in [-0.39, 0.29) is 19.4 Å². The van der Waals surface area contributed by atoms with E-state index in [1.165, 1.54) is 44.9 Å². The molecule has 0 saturated carbocycles. The van der Waals surface area contributed by atoms with Crippen molar-refractivity contribution in [2.75, 3.05) is 13.2 Å². The lowest BCUT2D eigenvalue weighted by Crippen LogP contribution is -2.29. The quantitative estimate of drug-likeness (QED) is 0.0190. The lowest BCUT2D eigenvalue weighted by atomic mass is 10.1. The van der Waals surface area contributed by atoms with Crippen LogP contribution in [0.15, 0.2) is 60.8 Å². The maximum Gasteiger partial charge on any atom is 0.469 e. The Morgan fingerprint density at radius 1 is 0.627 bits per heavy atom. The van der Waals surface area contributed by atoms with Gasteiger partial charge in [0.2, 0.25) is 0 Å². The van der Waals surface area contributed by atoms with Crippen molar-refractivity contribution >= 4 is 19.8 Å². The summed E-state index contributed by atoms with van der Waals surface area (Å²) in [7, 11) is -4.78. The van der Waals surface area contributed by atoms with Crippen molar-refractivity contribution in [2.45, 2.75) is 174 Å². The van der Waals surface area contributed by atoms with Gasteiger partial charge in [-0.15, -0.1) is 0 Å². The molecule has 3 N–H and O–H groups in total. The number of rotatable bonds is 35. The first-order valence-electron chi connectivity index (χ1n) is 19.7. The third-order valence-corrected chi connectivity index (χ3v) is 8.61. The number of allylic oxidation sites excluding steroid dienone is 9. The van der Waals surface area contributed by atoms with Gasteiger partial charge in [0.05, 0.1) is 12.7 Å². The van der Waals surface area contributed by atoms with Crippen LogP contribution in [-0.2, 0) is 28.2 Å². The second-order valence-corrected chi connectivity index (χ2v) is 14.3.